The number of carbonyl (C=O) groups is 1. The molecule has 1 N–H and O–H groups in total. The largest absolute Gasteiger partial charge is 0.481 e. The van der Waals surface area contributed by atoms with Gasteiger partial charge >= 0.3 is 0 Å². The first kappa shape index (κ1) is 14.6. The molecule has 0 saturated heterocycles. The van der Waals surface area contributed by atoms with E-state index >= 15 is 0 Å². The highest BCUT2D eigenvalue weighted by atomic mass is 19.1. The van der Waals surface area contributed by atoms with Crippen LogP contribution in [-0.2, 0) is 4.79 Å². The number of amides is 1. The van der Waals surface area contributed by atoms with Gasteiger partial charge in [-0.2, -0.15) is 5.10 Å². The van der Waals surface area contributed by atoms with E-state index in [1.165, 1.54) is 25.0 Å². The molecule has 0 spiro atoms. The van der Waals surface area contributed by atoms with Crippen molar-refractivity contribution in [3.8, 4) is 5.75 Å². The molecule has 1 amide bonds. The Hall–Kier alpha value is -2.37. The molecule has 1 fully saturated rings. The average Bonchev–Trinajstić information content (AvgIpc) is 3.17. The number of hydrogen-bond donors (Lipinski definition) is 1. The van der Waals surface area contributed by atoms with E-state index in [2.05, 4.69) is 10.4 Å². The van der Waals surface area contributed by atoms with Gasteiger partial charge in [0.1, 0.15) is 5.82 Å². The van der Waals surface area contributed by atoms with E-state index in [0.29, 0.717) is 11.9 Å². The maximum Gasteiger partial charge on any atom is 0.263 e. The number of benzene rings is 1. The normalized spacial score (nSPS) is 15.0. The first-order chi connectivity index (χ1) is 10.7. The molecular formula is C16H18FN3O2. The zero-order valence-corrected chi connectivity index (χ0v) is 12.2. The average molecular weight is 303 g/mol. The van der Waals surface area contributed by atoms with Crippen LogP contribution < -0.4 is 10.1 Å². The predicted molar refractivity (Wildman–Crippen MR) is 80.3 cm³/mol. The zero-order chi connectivity index (χ0) is 15.4. The van der Waals surface area contributed by atoms with Crippen molar-refractivity contribution in [3.63, 3.8) is 0 Å². The second-order valence-corrected chi connectivity index (χ2v) is 5.37. The topological polar surface area (TPSA) is 56.1 Å². The summed E-state index contributed by atoms with van der Waals surface area (Å²) >= 11 is 0. The highest BCUT2D eigenvalue weighted by molar-refractivity contribution is 5.91. The Balaban J connectivity index is 1.58. The SMILES string of the molecule is O=C(COc1ccccc1F)Nc1ccnn1C1CCCC1. The molecule has 0 unspecified atom stereocenters. The van der Waals surface area contributed by atoms with Crippen LogP contribution in [0, 0.1) is 5.82 Å². The van der Waals surface area contributed by atoms with Crippen molar-refractivity contribution in [1.82, 2.24) is 9.78 Å². The third kappa shape index (κ3) is 3.27. The molecule has 1 saturated carbocycles. The van der Waals surface area contributed by atoms with E-state index in [0.717, 1.165) is 12.8 Å². The molecule has 1 heterocycles. The molecule has 5 nitrogen and oxygen atoms in total. The minimum Gasteiger partial charge on any atom is -0.481 e. The number of aromatic nitrogens is 2. The summed E-state index contributed by atoms with van der Waals surface area (Å²) in [4.78, 5) is 12.0. The lowest BCUT2D eigenvalue weighted by atomic mass is 10.2. The number of halogens is 1. The van der Waals surface area contributed by atoms with Gasteiger partial charge < -0.3 is 10.1 Å². The minimum absolute atomic E-state index is 0.0713. The Labute approximate surface area is 128 Å². The van der Waals surface area contributed by atoms with Gasteiger partial charge in [-0.05, 0) is 25.0 Å². The maximum atomic E-state index is 13.4. The Morgan fingerprint density at radius 3 is 2.86 bits per heavy atom. The number of rotatable bonds is 5. The van der Waals surface area contributed by atoms with Gasteiger partial charge in [0, 0.05) is 6.07 Å². The van der Waals surface area contributed by atoms with Crippen LogP contribution in [0.2, 0.25) is 0 Å². The molecule has 0 bridgehead atoms. The summed E-state index contributed by atoms with van der Waals surface area (Å²) in [7, 11) is 0. The van der Waals surface area contributed by atoms with Gasteiger partial charge in [-0.25, -0.2) is 9.07 Å². The fourth-order valence-corrected chi connectivity index (χ4v) is 2.74. The van der Waals surface area contributed by atoms with E-state index in [9.17, 15) is 9.18 Å². The van der Waals surface area contributed by atoms with Gasteiger partial charge in [0.05, 0.1) is 12.2 Å². The van der Waals surface area contributed by atoms with Crippen LogP contribution in [0.15, 0.2) is 36.5 Å². The highest BCUT2D eigenvalue weighted by Crippen LogP contribution is 2.31. The quantitative estimate of drug-likeness (QED) is 0.923. The second-order valence-electron chi connectivity index (χ2n) is 5.37. The Kier molecular flexibility index (Phi) is 4.37. The maximum absolute atomic E-state index is 13.4. The number of para-hydroxylation sites is 1. The smallest absolute Gasteiger partial charge is 0.263 e. The molecular weight excluding hydrogens is 285 g/mol. The first-order valence-electron chi connectivity index (χ1n) is 7.45. The van der Waals surface area contributed by atoms with Crippen molar-refractivity contribution in [2.45, 2.75) is 31.7 Å². The van der Waals surface area contributed by atoms with Gasteiger partial charge in [-0.15, -0.1) is 0 Å². The van der Waals surface area contributed by atoms with Crippen LogP contribution in [0.5, 0.6) is 5.75 Å². The number of ether oxygens (including phenoxy) is 1. The van der Waals surface area contributed by atoms with Crippen molar-refractivity contribution in [1.29, 1.82) is 0 Å². The van der Waals surface area contributed by atoms with Gasteiger partial charge in [-0.3, -0.25) is 4.79 Å². The minimum atomic E-state index is -0.480. The lowest BCUT2D eigenvalue weighted by Gasteiger charge is -2.14. The third-order valence-electron chi connectivity index (χ3n) is 3.80. The van der Waals surface area contributed by atoms with Crippen LogP contribution in [0.3, 0.4) is 0 Å². The van der Waals surface area contributed by atoms with E-state index in [4.69, 9.17) is 4.74 Å². The fourth-order valence-electron chi connectivity index (χ4n) is 2.74. The first-order valence-corrected chi connectivity index (χ1v) is 7.45. The van der Waals surface area contributed by atoms with Crippen molar-refractivity contribution < 1.29 is 13.9 Å². The van der Waals surface area contributed by atoms with Crippen LogP contribution in [0.4, 0.5) is 10.2 Å². The van der Waals surface area contributed by atoms with Crippen molar-refractivity contribution >= 4 is 11.7 Å². The van der Waals surface area contributed by atoms with Gasteiger partial charge in [0.25, 0.3) is 5.91 Å². The summed E-state index contributed by atoms with van der Waals surface area (Å²) in [6.07, 6.45) is 6.21. The van der Waals surface area contributed by atoms with Gasteiger partial charge in [-0.1, -0.05) is 25.0 Å². The molecule has 0 atom stereocenters. The number of nitrogens with one attached hydrogen (secondary N) is 1. The molecule has 116 valence electrons. The number of carbonyl (C=O) groups excluding carboxylic acids is 1. The summed E-state index contributed by atoms with van der Waals surface area (Å²) in [5.41, 5.74) is 0. The molecule has 1 aromatic heterocycles. The lowest BCUT2D eigenvalue weighted by molar-refractivity contribution is -0.118. The molecule has 0 aliphatic heterocycles. The summed E-state index contributed by atoms with van der Waals surface area (Å²) in [5.74, 6) is -0.0784. The molecule has 1 aromatic carbocycles. The molecule has 1 aliphatic rings. The Morgan fingerprint density at radius 2 is 2.09 bits per heavy atom. The monoisotopic (exact) mass is 303 g/mol. The van der Waals surface area contributed by atoms with E-state index < -0.39 is 5.82 Å². The van der Waals surface area contributed by atoms with Crippen molar-refractivity contribution in [3.05, 3.63) is 42.3 Å². The third-order valence-corrected chi connectivity index (χ3v) is 3.80. The standard InChI is InChI=1S/C16H18FN3O2/c17-13-7-3-4-8-14(13)22-11-16(21)19-15-9-10-18-20(15)12-5-1-2-6-12/h3-4,7-10,12H,1-2,5-6,11H2,(H,19,21). The van der Waals surface area contributed by atoms with E-state index in [-0.39, 0.29) is 18.3 Å². The molecule has 2 aromatic rings. The molecule has 1 aliphatic carbocycles. The van der Waals surface area contributed by atoms with Crippen LogP contribution in [0.1, 0.15) is 31.7 Å². The van der Waals surface area contributed by atoms with Crippen LogP contribution in [0.25, 0.3) is 0 Å². The van der Waals surface area contributed by atoms with Crippen molar-refractivity contribution in [2.75, 3.05) is 11.9 Å². The molecule has 22 heavy (non-hydrogen) atoms. The number of hydrogen-bond acceptors (Lipinski definition) is 3. The Morgan fingerprint density at radius 1 is 1.32 bits per heavy atom. The summed E-state index contributed by atoms with van der Waals surface area (Å²) in [6, 6.07) is 8.12. The number of nitrogens with zero attached hydrogens (tertiary/aromatic N) is 2. The molecule has 3 rings (SSSR count). The van der Waals surface area contributed by atoms with E-state index in [1.807, 2.05) is 4.68 Å². The lowest BCUT2D eigenvalue weighted by Crippen LogP contribution is -2.23. The van der Waals surface area contributed by atoms with Gasteiger partial charge in [0.15, 0.2) is 18.2 Å². The highest BCUT2D eigenvalue weighted by Gasteiger charge is 2.20. The molecule has 6 heteroatoms. The van der Waals surface area contributed by atoms with Crippen LogP contribution in [-0.4, -0.2) is 22.3 Å². The summed E-state index contributed by atoms with van der Waals surface area (Å²) in [5, 5.41) is 7.06. The summed E-state index contributed by atoms with van der Waals surface area (Å²) < 4.78 is 20.5. The van der Waals surface area contributed by atoms with Crippen LogP contribution >= 0.6 is 0 Å². The fraction of sp³-hybridized carbons (Fsp3) is 0.375. The van der Waals surface area contributed by atoms with Gasteiger partial charge in [0.2, 0.25) is 0 Å². The molecule has 0 radical (unpaired) electrons. The zero-order valence-electron chi connectivity index (χ0n) is 12.2. The van der Waals surface area contributed by atoms with E-state index in [1.54, 1.807) is 24.4 Å². The summed E-state index contributed by atoms with van der Waals surface area (Å²) in [6.45, 7) is -0.239. The predicted octanol–water partition coefficient (Wildman–Crippen LogP) is 3.15. The number of anilines is 1. The Bertz CT molecular complexity index is 650. The van der Waals surface area contributed by atoms with Crippen molar-refractivity contribution in [2.24, 2.45) is 0 Å². The second kappa shape index (κ2) is 6.60.